The van der Waals surface area contributed by atoms with Crippen molar-refractivity contribution in [3.05, 3.63) is 35.6 Å². The molecule has 1 aromatic rings. The minimum Gasteiger partial charge on any atom is -0.326 e. The van der Waals surface area contributed by atoms with E-state index in [9.17, 15) is 4.39 Å². The number of hydrogen-bond donors (Lipinski definition) is 1. The van der Waals surface area contributed by atoms with Crippen molar-refractivity contribution < 1.29 is 4.39 Å². The Morgan fingerprint density at radius 3 is 2.29 bits per heavy atom. The van der Waals surface area contributed by atoms with Gasteiger partial charge in [0.1, 0.15) is 5.82 Å². The summed E-state index contributed by atoms with van der Waals surface area (Å²) in [4.78, 5) is 2.26. The Bertz CT molecular complexity index is 327. The molecule has 96 valence electrons. The fourth-order valence-corrected chi connectivity index (χ4v) is 1.56. The molecule has 0 aromatic heterocycles. The summed E-state index contributed by atoms with van der Waals surface area (Å²) in [7, 11) is 2.09. The van der Waals surface area contributed by atoms with E-state index in [0.29, 0.717) is 0 Å². The van der Waals surface area contributed by atoms with Crippen molar-refractivity contribution in [3.63, 3.8) is 0 Å². The maximum atomic E-state index is 12.7. The fourth-order valence-electron chi connectivity index (χ4n) is 1.56. The number of nitrogens with zero attached hydrogens (tertiary/aromatic N) is 1. The first-order valence-electron chi connectivity index (χ1n) is 6.09. The highest BCUT2D eigenvalue weighted by Crippen LogP contribution is 2.07. The van der Waals surface area contributed by atoms with E-state index < -0.39 is 0 Å². The Labute approximate surface area is 104 Å². The molecule has 0 bridgehead atoms. The molecular weight excluding hydrogens is 215 g/mol. The summed E-state index contributed by atoms with van der Waals surface area (Å²) in [6.07, 6.45) is 1.93. The molecular formula is C14H23FN2. The number of halogens is 1. The molecule has 0 aliphatic heterocycles. The zero-order chi connectivity index (χ0) is 12.9. The van der Waals surface area contributed by atoms with Crippen LogP contribution in [0.25, 0.3) is 0 Å². The quantitative estimate of drug-likeness (QED) is 0.824. The second-order valence-corrected chi connectivity index (χ2v) is 5.42. The van der Waals surface area contributed by atoms with Gasteiger partial charge in [0.05, 0.1) is 0 Å². The Morgan fingerprint density at radius 1 is 1.18 bits per heavy atom. The summed E-state index contributed by atoms with van der Waals surface area (Å²) < 4.78 is 12.7. The Balaban J connectivity index is 2.28. The van der Waals surface area contributed by atoms with Crippen LogP contribution in [0.2, 0.25) is 0 Å². The molecule has 1 rings (SSSR count). The lowest BCUT2D eigenvalue weighted by molar-refractivity contribution is 0.298. The molecule has 2 N–H and O–H groups in total. The molecule has 2 nitrogen and oxygen atoms in total. The van der Waals surface area contributed by atoms with E-state index in [4.69, 9.17) is 5.73 Å². The van der Waals surface area contributed by atoms with Gasteiger partial charge < -0.3 is 10.6 Å². The lowest BCUT2D eigenvalue weighted by Crippen LogP contribution is -2.36. The first-order valence-corrected chi connectivity index (χ1v) is 6.09. The van der Waals surface area contributed by atoms with E-state index in [2.05, 4.69) is 11.9 Å². The summed E-state index contributed by atoms with van der Waals surface area (Å²) in [6, 6.07) is 6.71. The molecule has 0 amide bonds. The van der Waals surface area contributed by atoms with E-state index in [1.165, 1.54) is 17.7 Å². The molecule has 1 aromatic carbocycles. The normalized spacial score (nSPS) is 12.1. The zero-order valence-electron chi connectivity index (χ0n) is 11.0. The maximum absolute atomic E-state index is 12.7. The second-order valence-electron chi connectivity index (χ2n) is 5.42. The van der Waals surface area contributed by atoms with Crippen molar-refractivity contribution in [3.8, 4) is 0 Å². The highest BCUT2D eigenvalue weighted by molar-refractivity contribution is 5.16. The predicted molar refractivity (Wildman–Crippen MR) is 70.5 cm³/mol. The third kappa shape index (κ3) is 6.39. The lowest BCUT2D eigenvalue weighted by atomic mass is 10.0. The van der Waals surface area contributed by atoms with Gasteiger partial charge in [0, 0.05) is 12.1 Å². The predicted octanol–water partition coefficient (Wildman–Crippen LogP) is 2.43. The van der Waals surface area contributed by atoms with Crippen LogP contribution >= 0.6 is 0 Å². The molecule has 0 spiro atoms. The lowest BCUT2D eigenvalue weighted by Gasteiger charge is -2.23. The smallest absolute Gasteiger partial charge is 0.123 e. The maximum Gasteiger partial charge on any atom is 0.123 e. The largest absolute Gasteiger partial charge is 0.326 e. The molecule has 0 unspecified atom stereocenters. The average molecular weight is 238 g/mol. The first kappa shape index (κ1) is 14.1. The van der Waals surface area contributed by atoms with Gasteiger partial charge in [-0.2, -0.15) is 0 Å². The molecule has 0 heterocycles. The van der Waals surface area contributed by atoms with Crippen LogP contribution in [0.4, 0.5) is 4.39 Å². The van der Waals surface area contributed by atoms with Crippen molar-refractivity contribution in [2.24, 2.45) is 5.73 Å². The van der Waals surface area contributed by atoms with Crippen LogP contribution in [0.1, 0.15) is 25.8 Å². The molecule has 0 radical (unpaired) electrons. The number of benzene rings is 1. The van der Waals surface area contributed by atoms with Gasteiger partial charge in [-0.05, 0) is 58.0 Å². The van der Waals surface area contributed by atoms with Crippen LogP contribution in [-0.4, -0.2) is 30.6 Å². The molecule has 0 saturated heterocycles. The van der Waals surface area contributed by atoms with Crippen LogP contribution < -0.4 is 5.73 Å². The van der Waals surface area contributed by atoms with Gasteiger partial charge in [0.2, 0.25) is 0 Å². The summed E-state index contributed by atoms with van der Waals surface area (Å²) in [5.41, 5.74) is 7.00. The monoisotopic (exact) mass is 238 g/mol. The van der Waals surface area contributed by atoms with Gasteiger partial charge in [0.25, 0.3) is 0 Å². The van der Waals surface area contributed by atoms with Crippen molar-refractivity contribution in [2.75, 3.05) is 20.1 Å². The van der Waals surface area contributed by atoms with Crippen LogP contribution in [0.3, 0.4) is 0 Å². The van der Waals surface area contributed by atoms with Crippen molar-refractivity contribution >= 4 is 0 Å². The first-order chi connectivity index (χ1) is 7.87. The van der Waals surface area contributed by atoms with Crippen LogP contribution in [0.5, 0.6) is 0 Å². The summed E-state index contributed by atoms with van der Waals surface area (Å²) in [5.74, 6) is -0.174. The van der Waals surface area contributed by atoms with Crippen LogP contribution in [-0.2, 0) is 6.42 Å². The van der Waals surface area contributed by atoms with Crippen molar-refractivity contribution in [2.45, 2.75) is 32.2 Å². The van der Waals surface area contributed by atoms with Gasteiger partial charge in [-0.3, -0.25) is 0 Å². The zero-order valence-corrected chi connectivity index (χ0v) is 11.0. The van der Waals surface area contributed by atoms with Crippen LogP contribution in [0, 0.1) is 5.82 Å². The minimum atomic E-state index is -0.174. The highest BCUT2D eigenvalue weighted by atomic mass is 19.1. The van der Waals surface area contributed by atoms with Gasteiger partial charge in [-0.1, -0.05) is 12.1 Å². The van der Waals surface area contributed by atoms with E-state index in [1.807, 2.05) is 26.0 Å². The Kier molecular flexibility index (Phi) is 5.09. The van der Waals surface area contributed by atoms with E-state index in [1.54, 1.807) is 0 Å². The molecule has 3 heteroatoms. The van der Waals surface area contributed by atoms with E-state index >= 15 is 0 Å². The van der Waals surface area contributed by atoms with Gasteiger partial charge in [-0.15, -0.1) is 0 Å². The summed E-state index contributed by atoms with van der Waals surface area (Å²) in [6.45, 7) is 6.05. The SMILES string of the molecule is CN(CCc1ccc(F)cc1)CCC(C)(C)N. The van der Waals surface area contributed by atoms with Gasteiger partial charge >= 0.3 is 0 Å². The van der Waals surface area contributed by atoms with Crippen LogP contribution in [0.15, 0.2) is 24.3 Å². The second kappa shape index (κ2) is 6.12. The topological polar surface area (TPSA) is 29.3 Å². The average Bonchev–Trinajstić information content (AvgIpc) is 2.25. The number of nitrogens with two attached hydrogens (primary N) is 1. The van der Waals surface area contributed by atoms with E-state index in [0.717, 1.165) is 25.9 Å². The molecule has 0 fully saturated rings. The van der Waals surface area contributed by atoms with Gasteiger partial charge in [0.15, 0.2) is 0 Å². The highest BCUT2D eigenvalue weighted by Gasteiger charge is 2.11. The van der Waals surface area contributed by atoms with E-state index in [-0.39, 0.29) is 11.4 Å². The number of hydrogen-bond acceptors (Lipinski definition) is 2. The van der Waals surface area contributed by atoms with Crippen molar-refractivity contribution in [1.29, 1.82) is 0 Å². The molecule has 0 atom stereocenters. The summed E-state index contributed by atoms with van der Waals surface area (Å²) in [5, 5.41) is 0. The van der Waals surface area contributed by atoms with Gasteiger partial charge in [-0.25, -0.2) is 4.39 Å². The Morgan fingerprint density at radius 2 is 1.76 bits per heavy atom. The summed E-state index contributed by atoms with van der Waals surface area (Å²) >= 11 is 0. The number of likely N-dealkylation sites (N-methyl/N-ethyl adjacent to an activating group) is 1. The molecule has 0 saturated carbocycles. The molecule has 17 heavy (non-hydrogen) atoms. The third-order valence-electron chi connectivity index (χ3n) is 2.83. The Hall–Kier alpha value is -0.930. The third-order valence-corrected chi connectivity index (χ3v) is 2.83. The standard InChI is InChI=1S/C14H23FN2/c1-14(2,16)9-11-17(3)10-8-12-4-6-13(15)7-5-12/h4-7H,8-11,16H2,1-3H3. The van der Waals surface area contributed by atoms with Crippen molar-refractivity contribution in [1.82, 2.24) is 4.90 Å². The molecule has 0 aliphatic rings. The minimum absolute atomic E-state index is 0.107. The number of rotatable bonds is 6. The fraction of sp³-hybridized carbons (Fsp3) is 0.571. The molecule has 0 aliphatic carbocycles.